The zero-order chi connectivity index (χ0) is 13.0. The second-order valence-electron chi connectivity index (χ2n) is 4.15. The van der Waals surface area contributed by atoms with Gasteiger partial charge in [-0.25, -0.2) is 4.79 Å². The molecule has 0 saturated heterocycles. The molecule has 18 heavy (non-hydrogen) atoms. The van der Waals surface area contributed by atoms with Gasteiger partial charge in [-0.1, -0.05) is 6.08 Å². The van der Waals surface area contributed by atoms with Crippen molar-refractivity contribution in [3.05, 3.63) is 38.7 Å². The molecule has 1 aliphatic carbocycles. The predicted molar refractivity (Wildman–Crippen MR) is 66.2 cm³/mol. The van der Waals surface area contributed by atoms with Gasteiger partial charge in [-0.15, -0.1) is 0 Å². The third kappa shape index (κ3) is 2.77. The number of rotatable bonds is 5. The lowest BCUT2D eigenvalue weighted by atomic mass is 10.1. The van der Waals surface area contributed by atoms with Crippen molar-refractivity contribution in [3.8, 4) is 0 Å². The van der Waals surface area contributed by atoms with Crippen molar-refractivity contribution in [1.29, 1.82) is 0 Å². The maximum atomic E-state index is 11.7. The summed E-state index contributed by atoms with van der Waals surface area (Å²) in [4.78, 5) is 25.5. The fourth-order valence-electron chi connectivity index (χ4n) is 1.98. The summed E-state index contributed by atoms with van der Waals surface area (Å²) < 4.78 is 6.38. The lowest BCUT2D eigenvalue weighted by Crippen LogP contribution is -2.32. The molecule has 6 heteroatoms. The standard InChI is InChI=1S/C12H16N2O4/c15-5-6-18-8-14-7-10(9-3-1-2-4-9)11(16)13-12(14)17/h3,7,15H,1-2,4-6,8H2,(H,13,16,17). The normalized spacial score (nSPS) is 14.8. The van der Waals surface area contributed by atoms with Crippen LogP contribution in [-0.4, -0.2) is 27.9 Å². The average molecular weight is 252 g/mol. The molecule has 0 amide bonds. The minimum atomic E-state index is -0.500. The summed E-state index contributed by atoms with van der Waals surface area (Å²) in [5, 5.41) is 8.61. The first-order valence-corrected chi connectivity index (χ1v) is 5.94. The summed E-state index contributed by atoms with van der Waals surface area (Å²) in [5.74, 6) is 0. The largest absolute Gasteiger partial charge is 0.394 e. The van der Waals surface area contributed by atoms with Crippen molar-refractivity contribution in [2.45, 2.75) is 26.0 Å². The summed E-state index contributed by atoms with van der Waals surface area (Å²) in [5.41, 5.74) is 0.652. The number of nitrogens with one attached hydrogen (secondary N) is 1. The maximum Gasteiger partial charge on any atom is 0.330 e. The Labute approximate surface area is 104 Å². The number of nitrogens with zero attached hydrogens (tertiary/aromatic N) is 1. The SMILES string of the molecule is O=c1[nH]c(=O)n(COCCO)cc1C1=CCCC1. The van der Waals surface area contributed by atoms with Crippen LogP contribution in [0.4, 0.5) is 0 Å². The van der Waals surface area contributed by atoms with Crippen molar-refractivity contribution in [1.82, 2.24) is 9.55 Å². The van der Waals surface area contributed by atoms with Crippen molar-refractivity contribution >= 4 is 5.57 Å². The van der Waals surface area contributed by atoms with Crippen LogP contribution in [0.2, 0.25) is 0 Å². The smallest absolute Gasteiger partial charge is 0.330 e. The van der Waals surface area contributed by atoms with Gasteiger partial charge in [-0.3, -0.25) is 14.3 Å². The van der Waals surface area contributed by atoms with E-state index in [1.807, 2.05) is 6.08 Å². The average Bonchev–Trinajstić information content (AvgIpc) is 2.85. The number of hydrogen-bond acceptors (Lipinski definition) is 4. The van der Waals surface area contributed by atoms with E-state index in [2.05, 4.69) is 4.98 Å². The molecule has 0 atom stereocenters. The molecule has 0 saturated carbocycles. The second-order valence-corrected chi connectivity index (χ2v) is 4.15. The number of hydrogen-bond donors (Lipinski definition) is 2. The van der Waals surface area contributed by atoms with Gasteiger partial charge in [0.15, 0.2) is 0 Å². The molecule has 2 rings (SSSR count). The molecule has 0 spiro atoms. The minimum Gasteiger partial charge on any atom is -0.394 e. The van der Waals surface area contributed by atoms with Crippen molar-refractivity contribution < 1.29 is 9.84 Å². The van der Waals surface area contributed by atoms with E-state index >= 15 is 0 Å². The molecule has 0 bridgehead atoms. The van der Waals surface area contributed by atoms with Crippen LogP contribution in [0.3, 0.4) is 0 Å². The summed E-state index contributed by atoms with van der Waals surface area (Å²) in [6.07, 6.45) is 6.41. The van der Waals surface area contributed by atoms with Gasteiger partial charge in [0.05, 0.1) is 18.8 Å². The fourth-order valence-corrected chi connectivity index (χ4v) is 1.98. The Morgan fingerprint density at radius 1 is 1.44 bits per heavy atom. The number of H-pyrrole nitrogens is 1. The molecular formula is C12H16N2O4. The van der Waals surface area contributed by atoms with Gasteiger partial charge in [0.2, 0.25) is 0 Å². The first-order chi connectivity index (χ1) is 8.72. The monoisotopic (exact) mass is 252 g/mol. The molecule has 1 aliphatic rings. The number of aromatic amines is 1. The van der Waals surface area contributed by atoms with Crippen molar-refractivity contribution in [3.63, 3.8) is 0 Å². The Balaban J connectivity index is 2.28. The van der Waals surface area contributed by atoms with E-state index in [0.29, 0.717) is 5.56 Å². The van der Waals surface area contributed by atoms with Gasteiger partial charge < -0.3 is 9.84 Å². The van der Waals surface area contributed by atoms with Crippen LogP contribution in [0.5, 0.6) is 0 Å². The Morgan fingerprint density at radius 2 is 2.28 bits per heavy atom. The van der Waals surface area contributed by atoms with Crippen LogP contribution in [0.1, 0.15) is 24.8 Å². The van der Waals surface area contributed by atoms with E-state index in [-0.39, 0.29) is 25.5 Å². The van der Waals surface area contributed by atoms with Crippen LogP contribution in [0.25, 0.3) is 5.57 Å². The maximum absolute atomic E-state index is 11.7. The molecule has 2 N–H and O–H groups in total. The molecule has 1 heterocycles. The number of aromatic nitrogens is 2. The number of aliphatic hydroxyl groups excluding tert-OH is 1. The third-order valence-corrected chi connectivity index (χ3v) is 2.86. The molecule has 1 aromatic rings. The van der Waals surface area contributed by atoms with Gasteiger partial charge in [0.25, 0.3) is 5.56 Å². The van der Waals surface area contributed by atoms with E-state index in [9.17, 15) is 9.59 Å². The van der Waals surface area contributed by atoms with E-state index in [4.69, 9.17) is 9.84 Å². The van der Waals surface area contributed by atoms with Crippen LogP contribution in [-0.2, 0) is 11.5 Å². The summed E-state index contributed by atoms with van der Waals surface area (Å²) >= 11 is 0. The molecular weight excluding hydrogens is 236 g/mol. The number of allylic oxidation sites excluding steroid dienone is 2. The van der Waals surface area contributed by atoms with Gasteiger partial charge in [0, 0.05) is 6.20 Å². The van der Waals surface area contributed by atoms with E-state index in [0.717, 1.165) is 24.8 Å². The van der Waals surface area contributed by atoms with E-state index in [1.165, 1.54) is 10.8 Å². The Morgan fingerprint density at radius 3 is 2.94 bits per heavy atom. The molecule has 0 aliphatic heterocycles. The fraction of sp³-hybridized carbons (Fsp3) is 0.500. The Bertz CT molecular complexity index is 556. The van der Waals surface area contributed by atoms with Gasteiger partial charge in [0.1, 0.15) is 6.73 Å². The second kappa shape index (κ2) is 5.79. The van der Waals surface area contributed by atoms with Crippen LogP contribution in [0.15, 0.2) is 21.9 Å². The van der Waals surface area contributed by atoms with Gasteiger partial charge >= 0.3 is 5.69 Å². The molecule has 0 radical (unpaired) electrons. The lowest BCUT2D eigenvalue weighted by molar-refractivity contribution is 0.0456. The molecule has 0 fully saturated rings. The van der Waals surface area contributed by atoms with Crippen LogP contribution >= 0.6 is 0 Å². The topological polar surface area (TPSA) is 84.3 Å². The Kier molecular flexibility index (Phi) is 4.11. The Hall–Kier alpha value is -1.66. The van der Waals surface area contributed by atoms with E-state index < -0.39 is 5.69 Å². The highest BCUT2D eigenvalue weighted by atomic mass is 16.5. The van der Waals surface area contributed by atoms with Crippen molar-refractivity contribution in [2.75, 3.05) is 13.2 Å². The molecule has 98 valence electrons. The highest BCUT2D eigenvalue weighted by Crippen LogP contribution is 2.24. The van der Waals surface area contributed by atoms with Crippen molar-refractivity contribution in [2.24, 2.45) is 0 Å². The molecule has 0 aromatic carbocycles. The quantitative estimate of drug-likeness (QED) is 0.726. The van der Waals surface area contributed by atoms with E-state index in [1.54, 1.807) is 0 Å². The number of aliphatic hydroxyl groups is 1. The molecule has 1 aromatic heterocycles. The van der Waals surface area contributed by atoms with Crippen LogP contribution in [0, 0.1) is 0 Å². The zero-order valence-electron chi connectivity index (χ0n) is 10.0. The summed E-state index contributed by atoms with van der Waals surface area (Å²) in [6, 6.07) is 0. The molecule has 0 unspecified atom stereocenters. The molecule has 6 nitrogen and oxygen atoms in total. The third-order valence-electron chi connectivity index (χ3n) is 2.86. The first kappa shape index (κ1) is 12.8. The first-order valence-electron chi connectivity index (χ1n) is 5.94. The summed E-state index contributed by atoms with van der Waals surface area (Å²) in [6.45, 7) is 0.0795. The minimum absolute atomic E-state index is 0.0243. The predicted octanol–water partition coefficient (Wildman–Crippen LogP) is 0.0703. The van der Waals surface area contributed by atoms with Gasteiger partial charge in [-0.05, 0) is 24.8 Å². The van der Waals surface area contributed by atoms with Crippen LogP contribution < -0.4 is 11.2 Å². The number of ether oxygens (including phenoxy) is 1. The lowest BCUT2D eigenvalue weighted by Gasteiger charge is -2.08. The highest BCUT2D eigenvalue weighted by molar-refractivity contribution is 5.65. The highest BCUT2D eigenvalue weighted by Gasteiger charge is 2.12. The van der Waals surface area contributed by atoms with Gasteiger partial charge in [-0.2, -0.15) is 0 Å². The summed E-state index contributed by atoms with van der Waals surface area (Å²) in [7, 11) is 0. The zero-order valence-corrected chi connectivity index (χ0v) is 10.0.